The highest BCUT2D eigenvalue weighted by atomic mass is 16.6. The Balaban J connectivity index is 1.55. The number of nitrogens with one attached hydrogen (secondary N) is 4. The average molecular weight is 1530 g/mol. The van der Waals surface area contributed by atoms with E-state index < -0.39 is 44.9 Å². The van der Waals surface area contributed by atoms with E-state index in [1.807, 2.05) is 0 Å². The molecular weight excluding hydrogens is 1400 g/mol. The molecule has 110 heavy (non-hydrogen) atoms. The number of nitro groups is 2. The van der Waals surface area contributed by atoms with Crippen LogP contribution in [0.3, 0.4) is 0 Å². The number of hydrogen-bond acceptors (Lipinski definition) is 18. The second-order valence-corrected chi connectivity index (χ2v) is 28.0. The van der Waals surface area contributed by atoms with Gasteiger partial charge in [-0.25, -0.2) is 0 Å². The third-order valence-electron chi connectivity index (χ3n) is 19.1. The number of nitro benzene ring substituents is 2. The number of rotatable bonds is 62. The van der Waals surface area contributed by atoms with E-state index in [1.165, 1.54) is 70.9 Å². The van der Waals surface area contributed by atoms with E-state index in [2.05, 4.69) is 62.8 Å². The van der Waals surface area contributed by atoms with Gasteiger partial charge in [0.25, 0.3) is 23.6 Å². The van der Waals surface area contributed by atoms with Crippen molar-refractivity contribution in [2.24, 2.45) is 0 Å². The molecule has 5 aromatic carbocycles. The predicted octanol–water partition coefficient (Wildman–Crippen LogP) is 23.0. The van der Waals surface area contributed by atoms with Gasteiger partial charge in [-0.3, -0.25) is 39.4 Å². The van der Waals surface area contributed by atoms with Gasteiger partial charge in [-0.2, -0.15) is 0 Å². The average Bonchev–Trinajstić information content (AvgIpc) is 0.795. The van der Waals surface area contributed by atoms with Gasteiger partial charge in [-0.15, -0.1) is 0 Å². The molecule has 5 rings (SSSR count). The first-order valence-corrected chi connectivity index (χ1v) is 40.9. The number of nitrogens with zero attached hydrogens (tertiary/aromatic N) is 2. The quantitative estimate of drug-likeness (QED) is 0.0160. The van der Waals surface area contributed by atoms with E-state index in [4.69, 9.17) is 47.4 Å². The standard InChI is InChI=1S/C86H128N6O18/c1-11-17-23-29-35-41-51-105-73-60-77(109-55-45-39-33-27-21-15-5)71(91(97)98)57-65(73)85(95)87-67-49-47-63(79(101-7)81(67)103-9)83(93)89-69-59-70(76(108-54-44-38-32-26-20-14-4)62-75(69)107-53-43-37-31-25-19-13-3)90-84(94)64-48-50-68(82(104-10)80(64)102-8)88-86(96)66-58-72(92(99)100)78(110-56-46-40-34-28-22-16-6)61-74(66)106-52-42-36-30-24-18-12-2/h47-50,57-62H,11-46,51-56H2,1-10H3,(H,87,95)(H,88,96)(H,89,93)(H,90,94). The van der Waals surface area contributed by atoms with Crippen molar-refractivity contribution in [3.05, 3.63) is 103 Å². The van der Waals surface area contributed by atoms with Crippen LogP contribution in [-0.2, 0) is 0 Å². The number of ether oxygens (including phenoxy) is 10. The van der Waals surface area contributed by atoms with Crippen molar-refractivity contribution in [2.75, 3.05) is 89.3 Å². The SMILES string of the molecule is CCCCCCCCOc1cc(OCCCCCCCC)c(NC(=O)c2ccc(NC(=O)c3cc([N+](=O)[O-])c(OCCCCCCCC)cc3OCCCCCCCC)c(OC)c2OC)cc1NC(=O)c1ccc(NC(=O)c2cc([N+](=O)[O-])c(OCCCCCCCC)cc2OCCCCCCCC)c(OC)c1OC. The molecule has 0 aliphatic carbocycles. The van der Waals surface area contributed by atoms with Crippen LogP contribution >= 0.6 is 0 Å². The normalized spacial score (nSPS) is 11.0. The lowest BCUT2D eigenvalue weighted by atomic mass is 10.1. The molecule has 5 aromatic rings. The molecule has 24 heteroatoms. The maximum atomic E-state index is 15.0. The fourth-order valence-electron chi connectivity index (χ4n) is 12.8. The highest BCUT2D eigenvalue weighted by Crippen LogP contribution is 2.45. The van der Waals surface area contributed by atoms with Crippen LogP contribution in [0.1, 0.15) is 314 Å². The Hall–Kier alpha value is -9.22. The number of hydrogen-bond donors (Lipinski definition) is 4. The highest BCUT2D eigenvalue weighted by molar-refractivity contribution is 6.13. The lowest BCUT2D eigenvalue weighted by Crippen LogP contribution is -2.19. The Bertz CT molecular complexity index is 3380. The maximum absolute atomic E-state index is 15.0. The summed E-state index contributed by atoms with van der Waals surface area (Å²) in [5.41, 5.74) is -0.723. The van der Waals surface area contributed by atoms with E-state index in [0.29, 0.717) is 38.5 Å². The molecule has 0 aromatic heterocycles. The molecule has 0 bridgehead atoms. The highest BCUT2D eigenvalue weighted by Gasteiger charge is 2.31. The number of carbonyl (C=O) groups is 4. The Morgan fingerprint density at radius 1 is 0.273 bits per heavy atom. The van der Waals surface area contributed by atoms with Gasteiger partial charge in [0.15, 0.2) is 23.0 Å². The number of anilines is 4. The summed E-state index contributed by atoms with van der Waals surface area (Å²) in [6.07, 6.45) is 35.5. The maximum Gasteiger partial charge on any atom is 0.312 e. The van der Waals surface area contributed by atoms with Crippen molar-refractivity contribution in [1.82, 2.24) is 0 Å². The van der Waals surface area contributed by atoms with Crippen LogP contribution in [0.5, 0.6) is 57.5 Å². The summed E-state index contributed by atoms with van der Waals surface area (Å²) in [6.45, 7) is 14.5. The first-order chi connectivity index (χ1) is 53.6. The van der Waals surface area contributed by atoms with Crippen LogP contribution in [0.4, 0.5) is 34.1 Å². The summed E-state index contributed by atoms with van der Waals surface area (Å²) in [5, 5.41) is 37.0. The summed E-state index contributed by atoms with van der Waals surface area (Å²) in [7, 11) is 5.37. The number of amides is 4. The molecule has 0 atom stereocenters. The number of carbonyl (C=O) groups excluding carboxylic acids is 4. The molecule has 0 heterocycles. The van der Waals surface area contributed by atoms with Gasteiger partial charge in [0.1, 0.15) is 23.0 Å². The Morgan fingerprint density at radius 2 is 0.500 bits per heavy atom. The van der Waals surface area contributed by atoms with Crippen molar-refractivity contribution in [1.29, 1.82) is 0 Å². The zero-order chi connectivity index (χ0) is 79.7. The molecule has 0 aliphatic heterocycles. The molecular formula is C86H128N6O18. The fraction of sp³-hybridized carbons (Fsp3) is 0.605. The lowest BCUT2D eigenvalue weighted by molar-refractivity contribution is -0.386. The van der Waals surface area contributed by atoms with Crippen LogP contribution in [0, 0.1) is 20.2 Å². The summed E-state index contributed by atoms with van der Waals surface area (Å²) in [5.74, 6) is -2.54. The van der Waals surface area contributed by atoms with Crippen LogP contribution in [0.15, 0.2) is 60.7 Å². The number of methoxy groups -OCH3 is 4. The summed E-state index contributed by atoms with van der Waals surface area (Å²) in [4.78, 5) is 83.5. The topological polar surface area (TPSA) is 295 Å². The Labute approximate surface area is 653 Å². The van der Waals surface area contributed by atoms with Crippen LogP contribution in [-0.4, -0.2) is 102 Å². The summed E-state index contributed by atoms with van der Waals surface area (Å²) >= 11 is 0. The van der Waals surface area contributed by atoms with E-state index >= 15 is 9.59 Å². The molecule has 610 valence electrons. The third-order valence-corrected chi connectivity index (χ3v) is 19.1. The van der Waals surface area contributed by atoms with Gasteiger partial charge in [0, 0.05) is 30.3 Å². The van der Waals surface area contributed by atoms with E-state index in [0.717, 1.165) is 205 Å². The fourth-order valence-corrected chi connectivity index (χ4v) is 12.8. The Kier molecular flexibility index (Phi) is 44.5. The molecule has 0 radical (unpaired) electrons. The summed E-state index contributed by atoms with van der Waals surface area (Å²) < 4.78 is 61.3. The number of benzene rings is 5. The first-order valence-electron chi connectivity index (χ1n) is 40.9. The van der Waals surface area contributed by atoms with Gasteiger partial charge in [-0.05, 0) is 68.9 Å². The number of unbranched alkanes of at least 4 members (excludes halogenated alkanes) is 30. The van der Waals surface area contributed by atoms with Crippen LogP contribution in [0.25, 0.3) is 0 Å². The molecule has 0 aliphatic rings. The zero-order valence-corrected chi connectivity index (χ0v) is 67.7. The molecule has 0 saturated heterocycles. The third kappa shape index (κ3) is 30.9. The van der Waals surface area contributed by atoms with Gasteiger partial charge in [0.2, 0.25) is 11.5 Å². The van der Waals surface area contributed by atoms with E-state index in [9.17, 15) is 29.8 Å². The second-order valence-electron chi connectivity index (χ2n) is 28.0. The van der Waals surface area contributed by atoms with E-state index in [-0.39, 0.29) is 142 Å². The molecule has 4 N–H and O–H groups in total. The largest absolute Gasteiger partial charge is 0.493 e. The van der Waals surface area contributed by atoms with Gasteiger partial charge < -0.3 is 68.6 Å². The first kappa shape index (κ1) is 91.4. The second kappa shape index (κ2) is 53.6. The summed E-state index contributed by atoms with van der Waals surface area (Å²) in [6, 6.07) is 14.1. The van der Waals surface area contributed by atoms with Gasteiger partial charge in [-0.1, -0.05) is 234 Å². The van der Waals surface area contributed by atoms with Crippen molar-refractivity contribution >= 4 is 57.8 Å². The molecule has 0 unspecified atom stereocenters. The minimum absolute atomic E-state index is 0.00941. The zero-order valence-electron chi connectivity index (χ0n) is 67.7. The van der Waals surface area contributed by atoms with Crippen molar-refractivity contribution < 1.29 is 76.4 Å². The van der Waals surface area contributed by atoms with Crippen LogP contribution < -0.4 is 68.6 Å². The molecule has 4 amide bonds. The van der Waals surface area contributed by atoms with Gasteiger partial charge >= 0.3 is 11.4 Å². The molecule has 0 spiro atoms. The molecule has 0 fully saturated rings. The monoisotopic (exact) mass is 1530 g/mol. The molecule has 0 saturated carbocycles. The van der Waals surface area contributed by atoms with Crippen LogP contribution in [0.2, 0.25) is 0 Å². The van der Waals surface area contributed by atoms with Crippen molar-refractivity contribution in [3.8, 4) is 57.5 Å². The lowest BCUT2D eigenvalue weighted by Gasteiger charge is -2.21. The molecule has 24 nitrogen and oxygen atoms in total. The predicted molar refractivity (Wildman–Crippen MR) is 437 cm³/mol. The minimum atomic E-state index is -0.764. The van der Waals surface area contributed by atoms with Gasteiger partial charge in [0.05, 0.1) is 123 Å². The van der Waals surface area contributed by atoms with Crippen molar-refractivity contribution in [3.63, 3.8) is 0 Å². The smallest absolute Gasteiger partial charge is 0.312 e. The Morgan fingerprint density at radius 3 is 0.764 bits per heavy atom. The van der Waals surface area contributed by atoms with E-state index in [1.54, 1.807) is 6.07 Å². The minimum Gasteiger partial charge on any atom is -0.493 e. The van der Waals surface area contributed by atoms with Crippen molar-refractivity contribution in [2.45, 2.75) is 273 Å².